The van der Waals surface area contributed by atoms with Crippen molar-refractivity contribution in [2.75, 3.05) is 5.32 Å². The number of benzene rings is 1. The number of aromatic nitrogens is 4. The Morgan fingerprint density at radius 1 is 1.32 bits per heavy atom. The van der Waals surface area contributed by atoms with Crippen molar-refractivity contribution >= 4 is 11.5 Å². The van der Waals surface area contributed by atoms with E-state index in [1.807, 2.05) is 17.4 Å². The van der Waals surface area contributed by atoms with Crippen molar-refractivity contribution in [1.82, 2.24) is 19.6 Å². The standard InChI is InChI=1S/C13H12FN5/c1-9-17-18-13-12(15-5-6-19(9)13)16-8-10-3-2-4-11(14)7-10/h2-7H,8H2,1H3,(H,15,16). The SMILES string of the molecule is Cc1nnc2c(NCc3cccc(F)c3)nccn12. The van der Waals surface area contributed by atoms with E-state index in [2.05, 4.69) is 20.5 Å². The van der Waals surface area contributed by atoms with Gasteiger partial charge < -0.3 is 5.32 Å². The molecule has 96 valence electrons. The summed E-state index contributed by atoms with van der Waals surface area (Å²) in [7, 11) is 0. The molecule has 5 nitrogen and oxygen atoms in total. The molecule has 19 heavy (non-hydrogen) atoms. The van der Waals surface area contributed by atoms with E-state index < -0.39 is 0 Å². The first kappa shape index (κ1) is 11.6. The molecular weight excluding hydrogens is 245 g/mol. The minimum Gasteiger partial charge on any atom is -0.363 e. The molecule has 0 amide bonds. The maximum Gasteiger partial charge on any atom is 0.203 e. The first-order valence-electron chi connectivity index (χ1n) is 5.89. The summed E-state index contributed by atoms with van der Waals surface area (Å²) in [6, 6.07) is 6.44. The van der Waals surface area contributed by atoms with Gasteiger partial charge in [-0.05, 0) is 24.6 Å². The lowest BCUT2D eigenvalue weighted by Gasteiger charge is -2.06. The minimum absolute atomic E-state index is 0.246. The lowest BCUT2D eigenvalue weighted by atomic mass is 10.2. The number of aryl methyl sites for hydroxylation is 1. The van der Waals surface area contributed by atoms with Gasteiger partial charge in [-0.3, -0.25) is 4.40 Å². The molecular formula is C13H12FN5. The van der Waals surface area contributed by atoms with Gasteiger partial charge in [0.05, 0.1) is 0 Å². The average molecular weight is 257 g/mol. The van der Waals surface area contributed by atoms with Crippen LogP contribution in [0.15, 0.2) is 36.7 Å². The van der Waals surface area contributed by atoms with E-state index in [1.165, 1.54) is 12.1 Å². The number of fused-ring (bicyclic) bond motifs is 1. The summed E-state index contributed by atoms with van der Waals surface area (Å²) in [5.41, 5.74) is 1.51. The van der Waals surface area contributed by atoms with Crippen molar-refractivity contribution in [1.29, 1.82) is 0 Å². The number of halogens is 1. The van der Waals surface area contributed by atoms with Crippen LogP contribution >= 0.6 is 0 Å². The number of hydrogen-bond acceptors (Lipinski definition) is 4. The van der Waals surface area contributed by atoms with E-state index in [-0.39, 0.29) is 5.82 Å². The molecule has 0 spiro atoms. The second-order valence-electron chi connectivity index (χ2n) is 4.20. The zero-order chi connectivity index (χ0) is 13.2. The van der Waals surface area contributed by atoms with Crippen LogP contribution in [0.4, 0.5) is 10.2 Å². The molecule has 0 radical (unpaired) electrons. The highest BCUT2D eigenvalue weighted by Crippen LogP contribution is 2.13. The van der Waals surface area contributed by atoms with Gasteiger partial charge in [-0.25, -0.2) is 9.37 Å². The molecule has 0 aliphatic heterocycles. The Kier molecular flexibility index (Phi) is 2.83. The van der Waals surface area contributed by atoms with E-state index in [0.29, 0.717) is 18.0 Å². The van der Waals surface area contributed by atoms with E-state index in [1.54, 1.807) is 18.5 Å². The summed E-state index contributed by atoms with van der Waals surface area (Å²) in [6.07, 6.45) is 3.48. The topological polar surface area (TPSA) is 55.1 Å². The Balaban J connectivity index is 1.86. The zero-order valence-electron chi connectivity index (χ0n) is 10.3. The van der Waals surface area contributed by atoms with Gasteiger partial charge in [-0.1, -0.05) is 12.1 Å². The molecule has 3 rings (SSSR count). The molecule has 0 aliphatic carbocycles. The predicted molar refractivity (Wildman–Crippen MR) is 69.2 cm³/mol. The third kappa shape index (κ3) is 2.24. The van der Waals surface area contributed by atoms with E-state index >= 15 is 0 Å². The number of hydrogen-bond donors (Lipinski definition) is 1. The third-order valence-corrected chi connectivity index (χ3v) is 2.85. The first-order chi connectivity index (χ1) is 9.24. The van der Waals surface area contributed by atoms with Gasteiger partial charge in [-0.2, -0.15) is 0 Å². The molecule has 6 heteroatoms. The van der Waals surface area contributed by atoms with Crippen LogP contribution in [-0.4, -0.2) is 19.6 Å². The largest absolute Gasteiger partial charge is 0.363 e. The fraction of sp³-hybridized carbons (Fsp3) is 0.154. The Morgan fingerprint density at radius 3 is 3.05 bits per heavy atom. The van der Waals surface area contributed by atoms with Crippen LogP contribution < -0.4 is 5.32 Å². The Bertz CT molecular complexity index is 722. The first-order valence-corrected chi connectivity index (χ1v) is 5.89. The van der Waals surface area contributed by atoms with Crippen LogP contribution in [0.2, 0.25) is 0 Å². The molecule has 0 atom stereocenters. The number of nitrogens with zero attached hydrogens (tertiary/aromatic N) is 4. The number of nitrogens with one attached hydrogen (secondary N) is 1. The van der Waals surface area contributed by atoms with E-state index in [0.717, 1.165) is 11.4 Å². The zero-order valence-corrected chi connectivity index (χ0v) is 10.3. The fourth-order valence-electron chi connectivity index (χ4n) is 1.90. The average Bonchev–Trinajstić information content (AvgIpc) is 2.79. The minimum atomic E-state index is -0.246. The number of anilines is 1. The van der Waals surface area contributed by atoms with E-state index in [9.17, 15) is 4.39 Å². The van der Waals surface area contributed by atoms with Crippen LogP contribution in [0, 0.1) is 12.7 Å². The summed E-state index contributed by atoms with van der Waals surface area (Å²) in [4.78, 5) is 4.23. The van der Waals surface area contributed by atoms with Crippen molar-refractivity contribution in [2.45, 2.75) is 13.5 Å². The van der Waals surface area contributed by atoms with Crippen molar-refractivity contribution in [3.63, 3.8) is 0 Å². The van der Waals surface area contributed by atoms with Gasteiger partial charge in [0.25, 0.3) is 0 Å². The number of rotatable bonds is 3. The monoisotopic (exact) mass is 257 g/mol. The van der Waals surface area contributed by atoms with Crippen molar-refractivity contribution in [3.05, 3.63) is 53.9 Å². The molecule has 0 saturated carbocycles. The van der Waals surface area contributed by atoms with Crippen LogP contribution in [0.5, 0.6) is 0 Å². The van der Waals surface area contributed by atoms with Crippen molar-refractivity contribution in [3.8, 4) is 0 Å². The predicted octanol–water partition coefficient (Wildman–Crippen LogP) is 2.18. The Morgan fingerprint density at radius 2 is 2.21 bits per heavy atom. The van der Waals surface area contributed by atoms with Gasteiger partial charge in [0.2, 0.25) is 5.65 Å². The second kappa shape index (κ2) is 4.64. The molecule has 2 aromatic heterocycles. The second-order valence-corrected chi connectivity index (χ2v) is 4.20. The van der Waals surface area contributed by atoms with Gasteiger partial charge in [0.15, 0.2) is 5.82 Å². The lowest BCUT2D eigenvalue weighted by Crippen LogP contribution is -2.04. The normalized spacial score (nSPS) is 10.8. The quantitative estimate of drug-likeness (QED) is 0.781. The summed E-state index contributed by atoms with van der Waals surface area (Å²) in [6.45, 7) is 2.35. The molecule has 1 aromatic carbocycles. The van der Waals surface area contributed by atoms with Gasteiger partial charge in [0.1, 0.15) is 11.6 Å². The molecule has 0 aliphatic rings. The maximum absolute atomic E-state index is 13.1. The molecule has 0 saturated heterocycles. The van der Waals surface area contributed by atoms with Crippen LogP contribution in [0.25, 0.3) is 5.65 Å². The molecule has 0 unspecified atom stereocenters. The Hall–Kier alpha value is -2.50. The summed E-state index contributed by atoms with van der Waals surface area (Å²) >= 11 is 0. The van der Waals surface area contributed by atoms with Gasteiger partial charge >= 0.3 is 0 Å². The van der Waals surface area contributed by atoms with Gasteiger partial charge in [-0.15, -0.1) is 10.2 Å². The molecule has 1 N–H and O–H groups in total. The molecule has 0 fully saturated rings. The molecule has 0 bridgehead atoms. The molecule has 2 heterocycles. The van der Waals surface area contributed by atoms with Crippen molar-refractivity contribution < 1.29 is 4.39 Å². The van der Waals surface area contributed by atoms with Crippen molar-refractivity contribution in [2.24, 2.45) is 0 Å². The van der Waals surface area contributed by atoms with Crippen LogP contribution in [0.3, 0.4) is 0 Å². The van der Waals surface area contributed by atoms with E-state index in [4.69, 9.17) is 0 Å². The Labute approximate surface area is 109 Å². The maximum atomic E-state index is 13.1. The highest BCUT2D eigenvalue weighted by atomic mass is 19.1. The van der Waals surface area contributed by atoms with Gasteiger partial charge in [0, 0.05) is 18.9 Å². The van der Waals surface area contributed by atoms with Crippen LogP contribution in [0.1, 0.15) is 11.4 Å². The highest BCUT2D eigenvalue weighted by Gasteiger charge is 2.07. The lowest BCUT2D eigenvalue weighted by molar-refractivity contribution is 0.626. The summed E-state index contributed by atoms with van der Waals surface area (Å²) in [5.74, 6) is 1.18. The summed E-state index contributed by atoms with van der Waals surface area (Å²) < 4.78 is 14.9. The summed E-state index contributed by atoms with van der Waals surface area (Å²) in [5, 5.41) is 11.2. The smallest absolute Gasteiger partial charge is 0.203 e. The molecule has 3 aromatic rings. The third-order valence-electron chi connectivity index (χ3n) is 2.85. The van der Waals surface area contributed by atoms with Crippen LogP contribution in [-0.2, 0) is 6.54 Å². The fourth-order valence-corrected chi connectivity index (χ4v) is 1.90. The highest BCUT2D eigenvalue weighted by molar-refractivity contribution is 5.62.